The molecule has 0 heterocycles. The molecule has 2 aromatic carbocycles. The number of hydrogen-bond donors (Lipinski definition) is 2. The number of carbonyl (C=O) groups is 2. The monoisotopic (exact) mass is 568 g/mol. The van der Waals surface area contributed by atoms with Crippen LogP contribution in [-0.2, 0) is 4.74 Å². The Morgan fingerprint density at radius 3 is 1.78 bits per heavy atom. The van der Waals surface area contributed by atoms with Crippen molar-refractivity contribution in [2.75, 3.05) is 39.3 Å². The maximum absolute atomic E-state index is 12.9. The Hall–Kier alpha value is -3.06. The van der Waals surface area contributed by atoms with E-state index in [1.807, 2.05) is 12.1 Å². The van der Waals surface area contributed by atoms with E-state index in [1.165, 1.54) is 90.6 Å². The highest BCUT2D eigenvalue weighted by molar-refractivity contribution is 6.06. The van der Waals surface area contributed by atoms with Gasteiger partial charge in [0.15, 0.2) is 0 Å². The van der Waals surface area contributed by atoms with Crippen LogP contribution in [0.1, 0.15) is 118 Å². The van der Waals surface area contributed by atoms with Crippen LogP contribution in [0.4, 0.5) is 5.69 Å². The van der Waals surface area contributed by atoms with Crippen LogP contribution in [-0.4, -0.2) is 45.8 Å². The van der Waals surface area contributed by atoms with Crippen LogP contribution in [0, 0.1) is 0 Å². The predicted molar refractivity (Wildman–Crippen MR) is 167 cm³/mol. The first kappa shape index (κ1) is 34.1. The number of unbranched alkanes of at least 4 members (excludes halogenated alkanes) is 13. The second kappa shape index (κ2) is 21.7. The summed E-state index contributed by atoms with van der Waals surface area (Å²) in [4.78, 5) is 25.2. The van der Waals surface area contributed by atoms with Gasteiger partial charge in [-0.15, -0.1) is 0 Å². The van der Waals surface area contributed by atoms with Crippen molar-refractivity contribution >= 4 is 17.5 Å². The molecule has 0 aliphatic rings. The van der Waals surface area contributed by atoms with Crippen molar-refractivity contribution < 1.29 is 23.8 Å². The van der Waals surface area contributed by atoms with Crippen LogP contribution < -0.4 is 20.1 Å². The van der Waals surface area contributed by atoms with Crippen molar-refractivity contribution in [1.82, 2.24) is 5.32 Å². The average molecular weight is 569 g/mol. The molecule has 0 saturated carbocycles. The molecule has 0 unspecified atom stereocenters. The fraction of sp³-hybridized carbons (Fsp3) is 0.588. The van der Waals surface area contributed by atoms with Gasteiger partial charge in [-0.25, -0.2) is 0 Å². The molecule has 0 bridgehead atoms. The minimum absolute atomic E-state index is 0.250. The number of amides is 2. The summed E-state index contributed by atoms with van der Waals surface area (Å²) in [6.45, 7) is 3.77. The zero-order chi connectivity index (χ0) is 29.5. The smallest absolute Gasteiger partial charge is 0.255 e. The molecule has 0 saturated heterocycles. The fourth-order valence-corrected chi connectivity index (χ4v) is 4.70. The van der Waals surface area contributed by atoms with E-state index in [-0.39, 0.29) is 11.8 Å². The molecule has 0 aliphatic heterocycles. The van der Waals surface area contributed by atoms with Gasteiger partial charge in [0, 0.05) is 24.8 Å². The number of anilines is 1. The molecule has 2 amide bonds. The molecular formula is C34H52N2O5. The maximum Gasteiger partial charge on any atom is 0.255 e. The van der Waals surface area contributed by atoms with Crippen LogP contribution in [0.2, 0.25) is 0 Å². The molecule has 0 radical (unpaired) electrons. The predicted octanol–water partition coefficient (Wildman–Crippen LogP) is 8.18. The molecule has 0 aromatic heterocycles. The Balaban J connectivity index is 1.63. The minimum Gasteiger partial charge on any atom is -0.495 e. The van der Waals surface area contributed by atoms with E-state index in [9.17, 15) is 9.59 Å². The summed E-state index contributed by atoms with van der Waals surface area (Å²) in [5.74, 6) is 0.683. The Bertz CT molecular complexity index is 993. The van der Waals surface area contributed by atoms with E-state index in [4.69, 9.17) is 14.2 Å². The molecule has 0 atom stereocenters. The summed E-state index contributed by atoms with van der Waals surface area (Å²) in [5.41, 5.74) is 1.34. The van der Waals surface area contributed by atoms with Crippen LogP contribution in [0.5, 0.6) is 11.5 Å². The van der Waals surface area contributed by atoms with Crippen LogP contribution in [0.3, 0.4) is 0 Å². The molecule has 2 N–H and O–H groups in total. The first-order valence-electron chi connectivity index (χ1n) is 15.6. The van der Waals surface area contributed by atoms with Gasteiger partial charge in [-0.3, -0.25) is 9.59 Å². The van der Waals surface area contributed by atoms with Crippen molar-refractivity contribution in [3.8, 4) is 11.5 Å². The Morgan fingerprint density at radius 1 is 0.659 bits per heavy atom. The maximum atomic E-state index is 12.9. The second-order valence-corrected chi connectivity index (χ2v) is 10.6. The Morgan fingerprint density at radius 2 is 1.22 bits per heavy atom. The van der Waals surface area contributed by atoms with Crippen molar-refractivity contribution in [2.24, 2.45) is 0 Å². The van der Waals surface area contributed by atoms with Gasteiger partial charge in [0.1, 0.15) is 11.5 Å². The fourth-order valence-electron chi connectivity index (χ4n) is 4.70. The van der Waals surface area contributed by atoms with E-state index in [0.29, 0.717) is 42.3 Å². The normalized spacial score (nSPS) is 10.8. The SMILES string of the molecule is CCCCCCCCCCCCCCCCOc1ccc(C(=O)Nc2cc(C(=O)NCCOC)ccc2OC)cc1. The highest BCUT2D eigenvalue weighted by Crippen LogP contribution is 2.26. The van der Waals surface area contributed by atoms with E-state index in [1.54, 1.807) is 37.4 Å². The van der Waals surface area contributed by atoms with Gasteiger partial charge in [-0.1, -0.05) is 90.4 Å². The van der Waals surface area contributed by atoms with E-state index in [2.05, 4.69) is 17.6 Å². The zero-order valence-electron chi connectivity index (χ0n) is 25.6. The number of ether oxygens (including phenoxy) is 3. The number of hydrogen-bond acceptors (Lipinski definition) is 5. The van der Waals surface area contributed by atoms with Crippen LogP contribution >= 0.6 is 0 Å². The largest absolute Gasteiger partial charge is 0.495 e. The highest BCUT2D eigenvalue weighted by Gasteiger charge is 2.14. The molecule has 0 spiro atoms. The lowest BCUT2D eigenvalue weighted by Crippen LogP contribution is -2.27. The van der Waals surface area contributed by atoms with Gasteiger partial charge in [0.25, 0.3) is 11.8 Å². The summed E-state index contributed by atoms with van der Waals surface area (Å²) in [5, 5.41) is 5.62. The average Bonchev–Trinajstić information content (AvgIpc) is 2.99. The summed E-state index contributed by atoms with van der Waals surface area (Å²) < 4.78 is 16.2. The van der Waals surface area contributed by atoms with Gasteiger partial charge >= 0.3 is 0 Å². The third-order valence-corrected chi connectivity index (χ3v) is 7.18. The van der Waals surface area contributed by atoms with E-state index < -0.39 is 0 Å². The number of carbonyl (C=O) groups excluding carboxylic acids is 2. The van der Waals surface area contributed by atoms with E-state index >= 15 is 0 Å². The quantitative estimate of drug-likeness (QED) is 0.132. The van der Waals surface area contributed by atoms with E-state index in [0.717, 1.165) is 12.2 Å². The van der Waals surface area contributed by atoms with Crippen molar-refractivity contribution in [2.45, 2.75) is 96.8 Å². The summed E-state index contributed by atoms with van der Waals surface area (Å²) in [7, 11) is 3.10. The lowest BCUT2D eigenvalue weighted by molar-refractivity contribution is 0.0936. The van der Waals surface area contributed by atoms with Crippen molar-refractivity contribution in [3.63, 3.8) is 0 Å². The molecule has 0 fully saturated rings. The van der Waals surface area contributed by atoms with Gasteiger partial charge in [0.2, 0.25) is 0 Å². The standard InChI is InChI=1S/C34H52N2O5/c1-4-5-6-7-8-9-10-11-12-13-14-15-16-17-25-41-30-21-18-28(19-22-30)34(38)36-31-27-29(20-23-32(31)40-3)33(37)35-24-26-39-2/h18-23,27H,4-17,24-26H2,1-3H3,(H,35,37)(H,36,38). The van der Waals surface area contributed by atoms with Gasteiger partial charge < -0.3 is 24.8 Å². The molecule has 7 heteroatoms. The molecule has 41 heavy (non-hydrogen) atoms. The summed E-state index contributed by atoms with van der Waals surface area (Å²) in [6, 6.07) is 12.0. The topological polar surface area (TPSA) is 85.9 Å². The molecule has 2 aromatic rings. The van der Waals surface area contributed by atoms with Gasteiger partial charge in [-0.05, 0) is 48.9 Å². The lowest BCUT2D eigenvalue weighted by Gasteiger charge is -2.13. The first-order chi connectivity index (χ1) is 20.1. The molecule has 228 valence electrons. The van der Waals surface area contributed by atoms with Crippen molar-refractivity contribution in [3.05, 3.63) is 53.6 Å². The van der Waals surface area contributed by atoms with Gasteiger partial charge in [-0.2, -0.15) is 0 Å². The highest BCUT2D eigenvalue weighted by atomic mass is 16.5. The second-order valence-electron chi connectivity index (χ2n) is 10.6. The third kappa shape index (κ3) is 14.4. The molecule has 7 nitrogen and oxygen atoms in total. The Labute approximate surface area is 247 Å². The third-order valence-electron chi connectivity index (χ3n) is 7.18. The van der Waals surface area contributed by atoms with Crippen molar-refractivity contribution in [1.29, 1.82) is 0 Å². The minimum atomic E-state index is -0.293. The van der Waals surface area contributed by atoms with Crippen LogP contribution in [0.25, 0.3) is 0 Å². The Kier molecular flexibility index (Phi) is 18.0. The lowest BCUT2D eigenvalue weighted by atomic mass is 10.0. The molecular weight excluding hydrogens is 516 g/mol. The first-order valence-corrected chi connectivity index (χ1v) is 15.6. The summed E-state index contributed by atoms with van der Waals surface area (Å²) in [6.07, 6.45) is 18.7. The number of benzene rings is 2. The zero-order valence-corrected chi connectivity index (χ0v) is 25.6. The van der Waals surface area contributed by atoms with Crippen LogP contribution in [0.15, 0.2) is 42.5 Å². The number of nitrogens with one attached hydrogen (secondary N) is 2. The number of methoxy groups -OCH3 is 2. The summed E-state index contributed by atoms with van der Waals surface area (Å²) >= 11 is 0. The number of rotatable bonds is 23. The molecule has 2 rings (SSSR count). The molecule has 0 aliphatic carbocycles. The van der Waals surface area contributed by atoms with Gasteiger partial charge in [0.05, 0.1) is 26.0 Å².